The molecule has 2 heterocycles. The van der Waals surface area contributed by atoms with E-state index in [0.717, 1.165) is 12.2 Å². The van der Waals surface area contributed by atoms with E-state index in [-0.39, 0.29) is 17.3 Å². The summed E-state index contributed by atoms with van der Waals surface area (Å²) in [5, 5.41) is 2.74. The fourth-order valence-corrected chi connectivity index (χ4v) is 3.09. The van der Waals surface area contributed by atoms with Gasteiger partial charge in [-0.05, 0) is 37.0 Å². The third-order valence-electron chi connectivity index (χ3n) is 4.50. The van der Waals surface area contributed by atoms with Gasteiger partial charge in [-0.25, -0.2) is 0 Å². The molecule has 3 rings (SSSR count). The average molecular weight is 342 g/mol. The fourth-order valence-electron chi connectivity index (χ4n) is 3.09. The molecule has 1 unspecified atom stereocenters. The number of hydrogen-bond acceptors (Lipinski definition) is 4. The van der Waals surface area contributed by atoms with Crippen molar-refractivity contribution in [1.82, 2.24) is 10.3 Å². The summed E-state index contributed by atoms with van der Waals surface area (Å²) in [6, 6.07) is 5.04. The number of carbonyl (C=O) groups excluding carboxylic acids is 2. The van der Waals surface area contributed by atoms with Crippen molar-refractivity contribution in [2.45, 2.75) is 39.0 Å². The second kappa shape index (κ2) is 7.09. The van der Waals surface area contributed by atoms with E-state index in [2.05, 4.69) is 24.1 Å². The lowest BCUT2D eigenvalue weighted by Crippen LogP contribution is -2.33. The predicted octanol–water partition coefficient (Wildman–Crippen LogP) is 2.66. The first kappa shape index (κ1) is 17.2. The molecule has 25 heavy (non-hydrogen) atoms. The zero-order valence-electron chi connectivity index (χ0n) is 14.4. The van der Waals surface area contributed by atoms with Gasteiger partial charge in [-0.2, -0.15) is 0 Å². The third kappa shape index (κ3) is 3.73. The lowest BCUT2D eigenvalue weighted by molar-refractivity contribution is 0.0950. The van der Waals surface area contributed by atoms with Gasteiger partial charge in [-0.15, -0.1) is 0 Å². The lowest BCUT2D eigenvalue weighted by atomic mass is 9.84. The van der Waals surface area contributed by atoms with Crippen molar-refractivity contribution in [3.8, 4) is 0 Å². The molecule has 0 saturated carbocycles. The number of fused-ring (bicyclic) bond motifs is 1. The van der Waals surface area contributed by atoms with Gasteiger partial charge in [-0.3, -0.25) is 14.4 Å². The summed E-state index contributed by atoms with van der Waals surface area (Å²) in [6.45, 7) is 4.62. The first-order valence-electron chi connectivity index (χ1n) is 8.56. The smallest absolute Gasteiger partial charge is 0.261 e. The van der Waals surface area contributed by atoms with Crippen LogP contribution in [0, 0.1) is 5.92 Å². The molecule has 2 aromatic rings. The van der Waals surface area contributed by atoms with E-state index in [0.29, 0.717) is 36.6 Å². The molecule has 1 aliphatic carbocycles. The number of rotatable bonds is 5. The summed E-state index contributed by atoms with van der Waals surface area (Å²) in [6.07, 6.45) is 3.22. The zero-order valence-corrected chi connectivity index (χ0v) is 14.4. The number of amides is 1. The summed E-state index contributed by atoms with van der Waals surface area (Å²) >= 11 is 0. The molecule has 1 aliphatic rings. The molecule has 1 atom stereocenters. The molecule has 0 fully saturated rings. The predicted molar refractivity (Wildman–Crippen MR) is 93.0 cm³/mol. The van der Waals surface area contributed by atoms with Crippen LogP contribution >= 0.6 is 0 Å². The number of H-pyrrole nitrogens is 1. The Morgan fingerprint density at radius 1 is 1.36 bits per heavy atom. The van der Waals surface area contributed by atoms with Gasteiger partial charge >= 0.3 is 0 Å². The molecular weight excluding hydrogens is 320 g/mol. The minimum atomic E-state index is -0.464. The molecule has 0 aromatic carbocycles. The monoisotopic (exact) mass is 342 g/mol. The van der Waals surface area contributed by atoms with Gasteiger partial charge in [0.1, 0.15) is 11.3 Å². The number of hydrogen-bond donors (Lipinski definition) is 2. The normalized spacial score (nSPS) is 16.8. The highest BCUT2D eigenvalue weighted by Crippen LogP contribution is 2.31. The lowest BCUT2D eigenvalue weighted by Gasteiger charge is -2.22. The van der Waals surface area contributed by atoms with E-state index < -0.39 is 11.5 Å². The van der Waals surface area contributed by atoms with Gasteiger partial charge in [0.2, 0.25) is 0 Å². The molecule has 0 bridgehead atoms. The van der Waals surface area contributed by atoms with Gasteiger partial charge in [0, 0.05) is 30.1 Å². The molecule has 6 heteroatoms. The van der Waals surface area contributed by atoms with E-state index in [1.165, 1.54) is 6.07 Å². The zero-order chi connectivity index (χ0) is 18.0. The molecular formula is C19H22N2O4. The van der Waals surface area contributed by atoms with Crippen LogP contribution in [-0.2, 0) is 6.42 Å². The van der Waals surface area contributed by atoms with Crippen LogP contribution in [-0.4, -0.2) is 23.2 Å². The summed E-state index contributed by atoms with van der Waals surface area (Å²) in [4.78, 5) is 39.7. The van der Waals surface area contributed by atoms with Gasteiger partial charge < -0.3 is 14.7 Å². The van der Waals surface area contributed by atoms with Crippen molar-refractivity contribution in [3.63, 3.8) is 0 Å². The first-order chi connectivity index (χ1) is 12.0. The summed E-state index contributed by atoms with van der Waals surface area (Å²) in [7, 11) is 0. The Labute approximate surface area is 145 Å². The van der Waals surface area contributed by atoms with Gasteiger partial charge in [-0.1, -0.05) is 13.8 Å². The quantitative estimate of drug-likeness (QED) is 0.874. The number of aromatic amines is 1. The molecule has 132 valence electrons. The van der Waals surface area contributed by atoms with Crippen molar-refractivity contribution in [2.24, 2.45) is 5.92 Å². The maximum atomic E-state index is 12.5. The number of pyridine rings is 1. The summed E-state index contributed by atoms with van der Waals surface area (Å²) < 4.78 is 5.38. The minimum Gasteiger partial charge on any atom is -0.469 e. The van der Waals surface area contributed by atoms with Crippen LogP contribution in [0.15, 0.2) is 33.7 Å². The maximum absolute atomic E-state index is 12.5. The Morgan fingerprint density at radius 2 is 2.16 bits per heavy atom. The van der Waals surface area contributed by atoms with Crippen LogP contribution in [0.2, 0.25) is 0 Å². The second-order valence-electron chi connectivity index (χ2n) is 6.89. The van der Waals surface area contributed by atoms with E-state index in [1.54, 1.807) is 12.3 Å². The van der Waals surface area contributed by atoms with Gasteiger partial charge in [0.25, 0.3) is 11.5 Å². The van der Waals surface area contributed by atoms with Crippen LogP contribution in [0.5, 0.6) is 0 Å². The van der Waals surface area contributed by atoms with Crippen molar-refractivity contribution in [3.05, 3.63) is 57.4 Å². The highest BCUT2D eigenvalue weighted by Gasteiger charge is 2.30. The molecule has 1 amide bonds. The number of carbonyl (C=O) groups is 2. The van der Waals surface area contributed by atoms with Crippen molar-refractivity contribution in [1.29, 1.82) is 0 Å². The topological polar surface area (TPSA) is 92.2 Å². The summed E-state index contributed by atoms with van der Waals surface area (Å²) in [5.41, 5.74) is 0.527. The van der Waals surface area contributed by atoms with Crippen LogP contribution < -0.4 is 10.9 Å². The Hall–Kier alpha value is -2.63. The summed E-state index contributed by atoms with van der Waals surface area (Å²) in [5.74, 6) is 0.578. The molecule has 2 N–H and O–H groups in total. The van der Waals surface area contributed by atoms with Crippen molar-refractivity contribution < 1.29 is 14.0 Å². The number of nitrogens with one attached hydrogen (secondary N) is 2. The largest absolute Gasteiger partial charge is 0.469 e. The van der Waals surface area contributed by atoms with E-state index >= 15 is 0 Å². The molecule has 6 nitrogen and oxygen atoms in total. The number of furan rings is 1. The fraction of sp³-hybridized carbons (Fsp3) is 0.421. The third-order valence-corrected chi connectivity index (χ3v) is 4.50. The molecule has 0 spiro atoms. The van der Waals surface area contributed by atoms with Gasteiger partial charge in [0.05, 0.1) is 6.26 Å². The molecule has 0 saturated heterocycles. The first-order valence-corrected chi connectivity index (χ1v) is 8.56. The van der Waals surface area contributed by atoms with Crippen LogP contribution in [0.3, 0.4) is 0 Å². The Bertz CT molecular complexity index is 834. The Morgan fingerprint density at radius 3 is 2.84 bits per heavy atom. The Balaban J connectivity index is 1.82. The van der Waals surface area contributed by atoms with E-state index in [4.69, 9.17) is 4.42 Å². The van der Waals surface area contributed by atoms with E-state index in [9.17, 15) is 14.4 Å². The maximum Gasteiger partial charge on any atom is 0.261 e. The van der Waals surface area contributed by atoms with Crippen molar-refractivity contribution in [2.75, 3.05) is 6.54 Å². The standard InChI is InChI=1S/C19H22N2O4/c1-11(2)5-6-20-18(23)14-10-13-15(21-19(14)24)8-12(9-16(13)22)17-4-3-7-25-17/h3-4,7,10-12H,5-6,8-9H2,1-2H3,(H,20,23)(H,21,24). The van der Waals surface area contributed by atoms with Gasteiger partial charge in [0.15, 0.2) is 5.78 Å². The van der Waals surface area contributed by atoms with Crippen molar-refractivity contribution >= 4 is 11.7 Å². The highest BCUT2D eigenvalue weighted by atomic mass is 16.3. The second-order valence-corrected chi connectivity index (χ2v) is 6.89. The minimum absolute atomic E-state index is 0.00713. The van der Waals surface area contributed by atoms with E-state index in [1.807, 2.05) is 6.07 Å². The molecule has 2 aromatic heterocycles. The number of ketones is 1. The number of aromatic nitrogens is 1. The Kier molecular flexibility index (Phi) is 4.88. The highest BCUT2D eigenvalue weighted by molar-refractivity contribution is 6.02. The van der Waals surface area contributed by atoms with Crippen LogP contribution in [0.1, 0.15) is 64.8 Å². The molecule has 0 aliphatic heterocycles. The number of Topliss-reactive ketones (excluding diaryl/α,β-unsaturated/α-hetero) is 1. The van der Waals surface area contributed by atoms with Crippen LogP contribution in [0.25, 0.3) is 0 Å². The SMILES string of the molecule is CC(C)CCNC(=O)c1cc2c([nH]c1=O)CC(c1ccco1)CC2=O. The molecule has 0 radical (unpaired) electrons. The van der Waals surface area contributed by atoms with Crippen LogP contribution in [0.4, 0.5) is 0 Å². The average Bonchev–Trinajstić information content (AvgIpc) is 3.08.